The first-order valence-corrected chi connectivity index (χ1v) is 6.65. The number of nitrogens with zero attached hydrogens (tertiary/aromatic N) is 1. The lowest BCUT2D eigenvalue weighted by molar-refractivity contribution is 0.122. The maximum absolute atomic E-state index is 10.0. The van der Waals surface area contributed by atoms with Gasteiger partial charge in [0.2, 0.25) is 0 Å². The average Bonchev–Trinajstić information content (AvgIpc) is 2.43. The molecule has 0 radical (unpaired) electrons. The molecule has 0 saturated carbocycles. The third-order valence-corrected chi connectivity index (χ3v) is 3.36. The van der Waals surface area contributed by atoms with Crippen LogP contribution in [0.1, 0.15) is 11.1 Å². The van der Waals surface area contributed by atoms with E-state index < -0.39 is 0 Å². The number of hydrogen-bond donors (Lipinski definition) is 1. The van der Waals surface area contributed by atoms with Gasteiger partial charge in [0.15, 0.2) is 0 Å². The summed E-state index contributed by atoms with van der Waals surface area (Å²) in [6.07, 6.45) is 5.11. The maximum atomic E-state index is 10.0. The topological polar surface area (TPSA) is 32.7 Å². The Morgan fingerprint density at radius 1 is 1.11 bits per heavy atom. The van der Waals surface area contributed by atoms with Crippen LogP contribution < -0.4 is 4.90 Å². The third kappa shape index (κ3) is 3.18. The Labute approximate surface area is 114 Å². The standard InChI is InChI=1S/C16H21NO2/c1-3-5-13-12-16(18)14(6-4-2)11-15(13)17-7-9-19-10-8-17/h3-4,11-12,18H,1-2,5-10H2. The molecule has 0 atom stereocenters. The van der Waals surface area contributed by atoms with E-state index in [4.69, 9.17) is 4.74 Å². The fraction of sp³-hybridized carbons (Fsp3) is 0.375. The molecule has 1 saturated heterocycles. The largest absolute Gasteiger partial charge is 0.508 e. The summed E-state index contributed by atoms with van der Waals surface area (Å²) in [5.74, 6) is 0.341. The summed E-state index contributed by atoms with van der Waals surface area (Å²) >= 11 is 0. The monoisotopic (exact) mass is 259 g/mol. The highest BCUT2D eigenvalue weighted by molar-refractivity contribution is 5.60. The van der Waals surface area contributed by atoms with E-state index in [0.717, 1.165) is 43.9 Å². The summed E-state index contributed by atoms with van der Waals surface area (Å²) in [4.78, 5) is 2.31. The van der Waals surface area contributed by atoms with Crippen LogP contribution in [0.3, 0.4) is 0 Å². The van der Waals surface area contributed by atoms with Crippen LogP contribution in [0.15, 0.2) is 37.4 Å². The highest BCUT2D eigenvalue weighted by atomic mass is 16.5. The smallest absolute Gasteiger partial charge is 0.119 e. The predicted octanol–water partition coefficient (Wildman–Crippen LogP) is 2.69. The minimum atomic E-state index is 0.341. The molecule has 0 unspecified atom stereocenters. The lowest BCUT2D eigenvalue weighted by Crippen LogP contribution is -2.36. The number of phenols is 1. The number of phenolic OH excluding ortho intramolecular Hbond substituents is 1. The lowest BCUT2D eigenvalue weighted by atomic mass is 10.0. The van der Waals surface area contributed by atoms with Gasteiger partial charge in [-0.15, -0.1) is 13.2 Å². The van der Waals surface area contributed by atoms with E-state index in [2.05, 4.69) is 24.1 Å². The zero-order chi connectivity index (χ0) is 13.7. The number of hydrogen-bond acceptors (Lipinski definition) is 3. The van der Waals surface area contributed by atoms with Crippen molar-refractivity contribution in [3.63, 3.8) is 0 Å². The molecule has 1 aliphatic rings. The molecule has 102 valence electrons. The molecule has 1 aliphatic heterocycles. The van der Waals surface area contributed by atoms with Crippen molar-refractivity contribution in [2.75, 3.05) is 31.2 Å². The summed E-state index contributed by atoms with van der Waals surface area (Å²) in [6, 6.07) is 3.92. The molecule has 0 aromatic heterocycles. The molecule has 0 aliphatic carbocycles. The van der Waals surface area contributed by atoms with Gasteiger partial charge in [-0.2, -0.15) is 0 Å². The summed E-state index contributed by atoms with van der Waals surface area (Å²) in [7, 11) is 0. The lowest BCUT2D eigenvalue weighted by Gasteiger charge is -2.31. The fourth-order valence-electron chi connectivity index (χ4n) is 2.40. The van der Waals surface area contributed by atoms with Crippen molar-refractivity contribution in [3.05, 3.63) is 48.6 Å². The Morgan fingerprint density at radius 3 is 2.37 bits per heavy atom. The van der Waals surface area contributed by atoms with Gasteiger partial charge < -0.3 is 14.7 Å². The molecular weight excluding hydrogens is 238 g/mol. The second-order valence-electron chi connectivity index (χ2n) is 4.69. The van der Waals surface area contributed by atoms with Crippen LogP contribution in [0.2, 0.25) is 0 Å². The zero-order valence-electron chi connectivity index (χ0n) is 11.3. The molecule has 1 aromatic rings. The number of anilines is 1. The number of ether oxygens (including phenoxy) is 1. The van der Waals surface area contributed by atoms with Crippen molar-refractivity contribution in [1.29, 1.82) is 0 Å². The van der Waals surface area contributed by atoms with Crippen molar-refractivity contribution >= 4 is 5.69 Å². The molecule has 1 fully saturated rings. The number of morpholine rings is 1. The van der Waals surface area contributed by atoms with E-state index in [1.54, 1.807) is 0 Å². The minimum Gasteiger partial charge on any atom is -0.508 e. The van der Waals surface area contributed by atoms with E-state index in [1.165, 1.54) is 5.69 Å². The molecule has 1 N–H and O–H groups in total. The van der Waals surface area contributed by atoms with E-state index in [9.17, 15) is 5.11 Å². The first kappa shape index (κ1) is 13.7. The molecule has 1 heterocycles. The minimum absolute atomic E-state index is 0.341. The summed E-state index contributed by atoms with van der Waals surface area (Å²) in [5.41, 5.74) is 3.21. The van der Waals surface area contributed by atoms with Crippen LogP contribution >= 0.6 is 0 Å². The van der Waals surface area contributed by atoms with Crippen LogP contribution in [0, 0.1) is 0 Å². The zero-order valence-corrected chi connectivity index (χ0v) is 11.3. The van der Waals surface area contributed by atoms with E-state index in [-0.39, 0.29) is 0 Å². The molecule has 2 rings (SSSR count). The number of rotatable bonds is 5. The summed E-state index contributed by atoms with van der Waals surface area (Å²) in [6.45, 7) is 10.8. The molecule has 1 aromatic carbocycles. The Kier molecular flexibility index (Phi) is 4.63. The third-order valence-electron chi connectivity index (χ3n) is 3.36. The molecule has 3 heteroatoms. The van der Waals surface area contributed by atoms with Gasteiger partial charge in [-0.1, -0.05) is 12.2 Å². The van der Waals surface area contributed by atoms with Crippen molar-refractivity contribution in [3.8, 4) is 5.75 Å². The quantitative estimate of drug-likeness (QED) is 0.825. The Hall–Kier alpha value is -1.74. The van der Waals surface area contributed by atoms with Crippen LogP contribution in [0.25, 0.3) is 0 Å². The van der Waals surface area contributed by atoms with Gasteiger partial charge in [-0.3, -0.25) is 0 Å². The van der Waals surface area contributed by atoms with Crippen molar-refractivity contribution in [2.24, 2.45) is 0 Å². The van der Waals surface area contributed by atoms with Crippen LogP contribution in [0.5, 0.6) is 5.75 Å². The van der Waals surface area contributed by atoms with Crippen LogP contribution in [-0.2, 0) is 17.6 Å². The Morgan fingerprint density at radius 2 is 1.74 bits per heavy atom. The molecule has 3 nitrogen and oxygen atoms in total. The number of benzene rings is 1. The van der Waals surface area contributed by atoms with Gasteiger partial charge in [0.1, 0.15) is 5.75 Å². The second-order valence-corrected chi connectivity index (χ2v) is 4.69. The van der Waals surface area contributed by atoms with Crippen molar-refractivity contribution < 1.29 is 9.84 Å². The van der Waals surface area contributed by atoms with E-state index in [0.29, 0.717) is 12.2 Å². The van der Waals surface area contributed by atoms with Crippen LogP contribution in [-0.4, -0.2) is 31.4 Å². The summed E-state index contributed by atoms with van der Waals surface area (Å²) < 4.78 is 5.40. The van der Waals surface area contributed by atoms with E-state index in [1.807, 2.05) is 18.2 Å². The Balaban J connectivity index is 2.38. The summed E-state index contributed by atoms with van der Waals surface area (Å²) in [5, 5.41) is 10.0. The predicted molar refractivity (Wildman–Crippen MR) is 78.9 cm³/mol. The molecule has 0 bridgehead atoms. The SMILES string of the molecule is C=CCc1cc(N2CCOCC2)c(CC=C)cc1O. The second kappa shape index (κ2) is 6.43. The van der Waals surface area contributed by atoms with Gasteiger partial charge in [-0.25, -0.2) is 0 Å². The molecule has 0 spiro atoms. The first-order valence-electron chi connectivity index (χ1n) is 6.65. The van der Waals surface area contributed by atoms with Crippen LogP contribution in [0.4, 0.5) is 5.69 Å². The van der Waals surface area contributed by atoms with Gasteiger partial charge in [0.25, 0.3) is 0 Å². The van der Waals surface area contributed by atoms with Crippen molar-refractivity contribution in [2.45, 2.75) is 12.8 Å². The number of aromatic hydroxyl groups is 1. The maximum Gasteiger partial charge on any atom is 0.119 e. The highest BCUT2D eigenvalue weighted by Gasteiger charge is 2.16. The Bertz CT molecular complexity index is 462. The van der Waals surface area contributed by atoms with E-state index >= 15 is 0 Å². The van der Waals surface area contributed by atoms with Gasteiger partial charge in [0, 0.05) is 18.8 Å². The molecule has 0 amide bonds. The highest BCUT2D eigenvalue weighted by Crippen LogP contribution is 2.30. The van der Waals surface area contributed by atoms with Crippen molar-refractivity contribution in [1.82, 2.24) is 0 Å². The first-order chi connectivity index (χ1) is 9.26. The fourth-order valence-corrected chi connectivity index (χ4v) is 2.40. The number of allylic oxidation sites excluding steroid dienone is 2. The average molecular weight is 259 g/mol. The van der Waals surface area contributed by atoms with Gasteiger partial charge in [0.05, 0.1) is 13.2 Å². The normalized spacial score (nSPS) is 15.3. The van der Waals surface area contributed by atoms with Gasteiger partial charge in [-0.05, 0) is 36.1 Å². The molecule has 19 heavy (non-hydrogen) atoms. The molecular formula is C16H21NO2. The van der Waals surface area contributed by atoms with Gasteiger partial charge >= 0.3 is 0 Å².